The highest BCUT2D eigenvalue weighted by Gasteiger charge is 2.12. The van der Waals surface area contributed by atoms with Crippen LogP contribution in [0.25, 0.3) is 33.2 Å². The number of hydrogen-bond donors (Lipinski definition) is 0. The molecule has 0 amide bonds. The van der Waals surface area contributed by atoms with E-state index in [4.69, 9.17) is 4.42 Å². The van der Waals surface area contributed by atoms with E-state index in [-0.39, 0.29) is 0 Å². The van der Waals surface area contributed by atoms with Crippen LogP contribution >= 0.6 is 0 Å². The van der Waals surface area contributed by atoms with Gasteiger partial charge in [-0.2, -0.15) is 0 Å². The lowest BCUT2D eigenvalue weighted by Gasteiger charge is -2.13. The highest BCUT2D eigenvalue weighted by Crippen LogP contribution is 2.33. The van der Waals surface area contributed by atoms with Crippen molar-refractivity contribution in [3.05, 3.63) is 102 Å². The quantitative estimate of drug-likeness (QED) is 0.358. The molecule has 1 unspecified atom stereocenters. The van der Waals surface area contributed by atoms with Gasteiger partial charge in [0.05, 0.1) is 5.69 Å². The maximum absolute atomic E-state index is 5.94. The molecule has 0 fully saturated rings. The number of aromatic nitrogens is 1. The van der Waals surface area contributed by atoms with Crippen LogP contribution in [0, 0.1) is 0 Å². The summed E-state index contributed by atoms with van der Waals surface area (Å²) in [7, 11) is 0. The molecule has 0 saturated carbocycles. The van der Waals surface area contributed by atoms with Crippen molar-refractivity contribution >= 4 is 21.9 Å². The van der Waals surface area contributed by atoms with Crippen LogP contribution in [0.1, 0.15) is 24.0 Å². The lowest BCUT2D eigenvalue weighted by atomic mass is 9.93. The lowest BCUT2D eigenvalue weighted by Crippen LogP contribution is -1.97. The van der Waals surface area contributed by atoms with Gasteiger partial charge in [-0.25, -0.2) is 0 Å². The third-order valence-corrected chi connectivity index (χ3v) is 5.26. The summed E-state index contributed by atoms with van der Waals surface area (Å²) < 4.78 is 5.94. The van der Waals surface area contributed by atoms with E-state index in [1.54, 1.807) is 0 Å². The number of para-hydroxylation sites is 1. The first kappa shape index (κ1) is 15.8. The summed E-state index contributed by atoms with van der Waals surface area (Å²) in [6.07, 6.45) is 1.90. The molecule has 1 atom stereocenters. The second-order valence-corrected chi connectivity index (χ2v) is 6.92. The average molecular weight is 349 g/mol. The molecule has 0 bridgehead atoms. The van der Waals surface area contributed by atoms with Crippen LogP contribution in [0.3, 0.4) is 0 Å². The molecule has 2 nitrogen and oxygen atoms in total. The Morgan fingerprint density at radius 3 is 2.37 bits per heavy atom. The van der Waals surface area contributed by atoms with E-state index in [0.717, 1.165) is 33.2 Å². The van der Waals surface area contributed by atoms with Gasteiger partial charge in [0.2, 0.25) is 0 Å². The lowest BCUT2D eigenvalue weighted by molar-refractivity contribution is 0.669. The molecule has 5 rings (SSSR count). The topological polar surface area (TPSA) is 26.0 Å². The molecule has 0 spiro atoms. The molecule has 3 aromatic carbocycles. The second-order valence-electron chi connectivity index (χ2n) is 6.92. The van der Waals surface area contributed by atoms with Gasteiger partial charge in [0.1, 0.15) is 11.2 Å². The first-order chi connectivity index (χ1) is 13.3. The molecule has 2 heterocycles. The molecular formula is C25H19NO. The van der Waals surface area contributed by atoms with Gasteiger partial charge in [0, 0.05) is 28.5 Å². The first-order valence-corrected chi connectivity index (χ1v) is 9.22. The van der Waals surface area contributed by atoms with Crippen molar-refractivity contribution in [1.82, 2.24) is 4.98 Å². The molecule has 2 heteroatoms. The molecule has 0 aliphatic heterocycles. The number of benzene rings is 3. The fourth-order valence-electron chi connectivity index (χ4n) is 3.69. The van der Waals surface area contributed by atoms with Crippen LogP contribution in [-0.2, 0) is 0 Å². The summed E-state index contributed by atoms with van der Waals surface area (Å²) >= 11 is 0. The van der Waals surface area contributed by atoms with Crippen LogP contribution in [-0.4, -0.2) is 4.98 Å². The van der Waals surface area contributed by atoms with Crippen LogP contribution in [0.4, 0.5) is 0 Å². The molecule has 5 aromatic rings. The normalized spacial score (nSPS) is 12.5. The zero-order valence-electron chi connectivity index (χ0n) is 15.1. The Labute approximate surface area is 158 Å². The predicted octanol–water partition coefficient (Wildman–Crippen LogP) is 6.80. The van der Waals surface area contributed by atoms with Gasteiger partial charge in [-0.05, 0) is 47.5 Å². The highest BCUT2D eigenvalue weighted by atomic mass is 16.3. The van der Waals surface area contributed by atoms with Crippen molar-refractivity contribution < 1.29 is 4.42 Å². The third kappa shape index (κ3) is 2.80. The molecule has 130 valence electrons. The van der Waals surface area contributed by atoms with Crippen LogP contribution in [0.5, 0.6) is 0 Å². The fraction of sp³-hybridized carbons (Fsp3) is 0.0800. The molecule has 27 heavy (non-hydrogen) atoms. The van der Waals surface area contributed by atoms with Gasteiger partial charge >= 0.3 is 0 Å². The Hall–Kier alpha value is -3.39. The predicted molar refractivity (Wildman–Crippen MR) is 111 cm³/mol. The van der Waals surface area contributed by atoms with E-state index in [1.165, 1.54) is 11.1 Å². The zero-order valence-corrected chi connectivity index (χ0v) is 15.1. The van der Waals surface area contributed by atoms with Crippen molar-refractivity contribution in [1.29, 1.82) is 0 Å². The van der Waals surface area contributed by atoms with Crippen LogP contribution < -0.4 is 0 Å². The van der Waals surface area contributed by atoms with E-state index in [1.807, 2.05) is 30.5 Å². The van der Waals surface area contributed by atoms with Crippen molar-refractivity contribution in [3.8, 4) is 11.3 Å². The van der Waals surface area contributed by atoms with Gasteiger partial charge in [0.25, 0.3) is 0 Å². The minimum Gasteiger partial charge on any atom is -0.456 e. The average Bonchev–Trinajstić information content (AvgIpc) is 3.12. The van der Waals surface area contributed by atoms with Crippen molar-refractivity contribution in [2.24, 2.45) is 0 Å². The number of fused-ring (bicyclic) bond motifs is 3. The summed E-state index contributed by atoms with van der Waals surface area (Å²) in [5, 5.41) is 2.27. The fourth-order valence-corrected chi connectivity index (χ4v) is 3.69. The Morgan fingerprint density at radius 1 is 0.704 bits per heavy atom. The first-order valence-electron chi connectivity index (χ1n) is 9.22. The molecular weight excluding hydrogens is 330 g/mol. The maximum atomic E-state index is 5.94. The van der Waals surface area contributed by atoms with E-state index in [9.17, 15) is 0 Å². The Kier molecular flexibility index (Phi) is 3.75. The Bertz CT molecular complexity index is 1240. The third-order valence-electron chi connectivity index (χ3n) is 5.26. The summed E-state index contributed by atoms with van der Waals surface area (Å²) in [5.41, 5.74) is 6.51. The summed E-state index contributed by atoms with van der Waals surface area (Å²) in [5.74, 6) is 0.325. The largest absolute Gasteiger partial charge is 0.456 e. The second kappa shape index (κ2) is 6.40. The zero-order chi connectivity index (χ0) is 18.2. The standard InChI is InChI=1S/C25H19NO/c1-17(18-7-3-2-4-8-18)19-13-14-26-23(16-19)20-11-12-25-22(15-20)21-9-5-6-10-24(21)27-25/h2-17H,1H3. The Morgan fingerprint density at radius 2 is 1.48 bits per heavy atom. The van der Waals surface area contributed by atoms with Gasteiger partial charge in [0.15, 0.2) is 0 Å². The van der Waals surface area contributed by atoms with Crippen molar-refractivity contribution in [2.45, 2.75) is 12.8 Å². The summed E-state index contributed by atoms with van der Waals surface area (Å²) in [6, 6.07) is 29.4. The number of pyridine rings is 1. The number of hydrogen-bond acceptors (Lipinski definition) is 2. The molecule has 0 aliphatic carbocycles. The van der Waals surface area contributed by atoms with Gasteiger partial charge < -0.3 is 4.42 Å². The molecule has 2 aromatic heterocycles. The minimum absolute atomic E-state index is 0.325. The molecule has 0 aliphatic rings. The molecule has 0 radical (unpaired) electrons. The van der Waals surface area contributed by atoms with E-state index < -0.39 is 0 Å². The van der Waals surface area contributed by atoms with Gasteiger partial charge in [-0.1, -0.05) is 55.5 Å². The number of rotatable bonds is 3. The SMILES string of the molecule is CC(c1ccccc1)c1ccnc(-c2ccc3oc4ccccc4c3c2)c1. The monoisotopic (exact) mass is 349 g/mol. The molecule has 0 N–H and O–H groups in total. The number of nitrogens with zero attached hydrogens (tertiary/aromatic N) is 1. The summed E-state index contributed by atoms with van der Waals surface area (Å²) in [4.78, 5) is 4.63. The van der Waals surface area contributed by atoms with Gasteiger partial charge in [-0.15, -0.1) is 0 Å². The molecule has 0 saturated heterocycles. The van der Waals surface area contributed by atoms with Gasteiger partial charge in [-0.3, -0.25) is 4.98 Å². The smallest absolute Gasteiger partial charge is 0.135 e. The highest BCUT2D eigenvalue weighted by molar-refractivity contribution is 6.06. The van der Waals surface area contributed by atoms with Crippen molar-refractivity contribution in [2.75, 3.05) is 0 Å². The number of furan rings is 1. The van der Waals surface area contributed by atoms with Crippen molar-refractivity contribution in [3.63, 3.8) is 0 Å². The van der Waals surface area contributed by atoms with E-state index in [0.29, 0.717) is 5.92 Å². The Balaban J connectivity index is 1.59. The van der Waals surface area contributed by atoms with Crippen LogP contribution in [0.2, 0.25) is 0 Å². The van der Waals surface area contributed by atoms with E-state index >= 15 is 0 Å². The van der Waals surface area contributed by atoms with Crippen LogP contribution in [0.15, 0.2) is 95.5 Å². The maximum Gasteiger partial charge on any atom is 0.135 e. The van der Waals surface area contributed by atoms with E-state index in [2.05, 4.69) is 72.6 Å². The minimum atomic E-state index is 0.325. The summed E-state index contributed by atoms with van der Waals surface area (Å²) in [6.45, 7) is 2.24.